The van der Waals surface area contributed by atoms with Gasteiger partial charge < -0.3 is 9.64 Å². The van der Waals surface area contributed by atoms with Crippen molar-refractivity contribution in [1.29, 1.82) is 0 Å². The normalized spacial score (nSPS) is 26.9. The van der Waals surface area contributed by atoms with Gasteiger partial charge >= 0.3 is 0 Å². The lowest BCUT2D eigenvalue weighted by molar-refractivity contribution is -0.140. The summed E-state index contributed by atoms with van der Waals surface area (Å²) in [6.07, 6.45) is 8.57. The van der Waals surface area contributed by atoms with Crippen LogP contribution < -0.4 is 0 Å². The first-order valence-corrected chi connectivity index (χ1v) is 8.36. The highest BCUT2D eigenvalue weighted by molar-refractivity contribution is 9.09. The fraction of sp³-hybridized carbons (Fsp3) is 0.929. The molecule has 1 amide bonds. The van der Waals surface area contributed by atoms with E-state index in [9.17, 15) is 4.79 Å². The van der Waals surface area contributed by atoms with E-state index in [0.717, 1.165) is 18.3 Å². The molecule has 1 heterocycles. The van der Waals surface area contributed by atoms with E-state index in [4.69, 9.17) is 4.74 Å². The lowest BCUT2D eigenvalue weighted by Gasteiger charge is -2.35. The molecular weight excluding hydrogens is 294 g/mol. The van der Waals surface area contributed by atoms with E-state index in [1.165, 1.54) is 38.5 Å². The summed E-state index contributed by atoms with van der Waals surface area (Å²) in [6.45, 7) is 2.14. The second-order valence-corrected chi connectivity index (χ2v) is 6.18. The molecule has 0 aromatic heterocycles. The van der Waals surface area contributed by atoms with Crippen molar-refractivity contribution in [2.45, 2.75) is 51.0 Å². The van der Waals surface area contributed by atoms with E-state index in [-0.39, 0.29) is 6.04 Å². The van der Waals surface area contributed by atoms with Crippen LogP contribution in [0, 0.1) is 5.92 Å². The molecule has 1 unspecified atom stereocenters. The van der Waals surface area contributed by atoms with Gasteiger partial charge in [0.15, 0.2) is 0 Å². The molecular formula is C14H24BrNO2. The van der Waals surface area contributed by atoms with Crippen LogP contribution in [0.3, 0.4) is 0 Å². The Morgan fingerprint density at radius 3 is 2.61 bits per heavy atom. The maximum atomic E-state index is 12.4. The van der Waals surface area contributed by atoms with Crippen molar-refractivity contribution < 1.29 is 9.53 Å². The second kappa shape index (κ2) is 7.49. The van der Waals surface area contributed by atoms with Gasteiger partial charge in [0.2, 0.25) is 5.91 Å². The summed E-state index contributed by atoms with van der Waals surface area (Å²) in [5, 5.41) is 0.823. The summed E-state index contributed by atoms with van der Waals surface area (Å²) in [5.74, 6) is 0.966. The minimum Gasteiger partial charge on any atom is -0.377 e. The van der Waals surface area contributed by atoms with Crippen LogP contribution in [0.25, 0.3) is 0 Å². The molecule has 0 N–H and O–H groups in total. The zero-order valence-corrected chi connectivity index (χ0v) is 12.7. The molecule has 2 aliphatic rings. The standard InChI is InChI=1S/C14H24BrNO2/c15-10-13-11-18-8-7-16(13)14(17)9-12-5-3-1-2-4-6-12/h12-13H,1-11H2. The number of hydrogen-bond donors (Lipinski definition) is 0. The summed E-state index contributed by atoms with van der Waals surface area (Å²) in [6, 6.07) is 0.233. The van der Waals surface area contributed by atoms with Gasteiger partial charge in [0, 0.05) is 18.3 Å². The summed E-state index contributed by atoms with van der Waals surface area (Å²) >= 11 is 3.48. The minimum absolute atomic E-state index is 0.233. The number of ether oxygens (including phenoxy) is 1. The lowest BCUT2D eigenvalue weighted by Crippen LogP contribution is -2.49. The van der Waals surface area contributed by atoms with Crippen molar-refractivity contribution in [3.8, 4) is 0 Å². The van der Waals surface area contributed by atoms with Gasteiger partial charge in [-0.1, -0.05) is 41.6 Å². The van der Waals surface area contributed by atoms with Crippen LogP contribution >= 0.6 is 15.9 Å². The molecule has 1 saturated carbocycles. The molecule has 0 aromatic carbocycles. The third-order valence-corrected chi connectivity index (χ3v) is 4.91. The van der Waals surface area contributed by atoms with Gasteiger partial charge in [-0.25, -0.2) is 0 Å². The predicted molar refractivity (Wildman–Crippen MR) is 75.9 cm³/mol. The Kier molecular flexibility index (Phi) is 5.96. The molecule has 2 rings (SSSR count). The molecule has 3 nitrogen and oxygen atoms in total. The van der Waals surface area contributed by atoms with Crippen molar-refractivity contribution in [1.82, 2.24) is 4.90 Å². The zero-order valence-electron chi connectivity index (χ0n) is 11.1. The number of hydrogen-bond acceptors (Lipinski definition) is 2. The Labute approximate surface area is 118 Å². The molecule has 0 aromatic rings. The molecule has 0 radical (unpaired) electrons. The SMILES string of the molecule is O=C(CC1CCCCCC1)N1CCOCC1CBr. The number of alkyl halides is 1. The average Bonchev–Trinajstić information content (AvgIpc) is 2.67. The molecule has 18 heavy (non-hydrogen) atoms. The third kappa shape index (κ3) is 3.95. The van der Waals surface area contributed by atoms with Crippen LogP contribution in [0.4, 0.5) is 0 Å². The maximum absolute atomic E-state index is 12.4. The van der Waals surface area contributed by atoms with Crippen molar-refractivity contribution in [3.05, 3.63) is 0 Å². The van der Waals surface area contributed by atoms with Gasteiger partial charge in [-0.15, -0.1) is 0 Å². The first kappa shape index (κ1) is 14.3. The Hall–Kier alpha value is -0.0900. The topological polar surface area (TPSA) is 29.5 Å². The van der Waals surface area contributed by atoms with Crippen LogP contribution in [-0.4, -0.2) is 41.9 Å². The van der Waals surface area contributed by atoms with E-state index in [1.54, 1.807) is 0 Å². The van der Waals surface area contributed by atoms with Crippen LogP contribution in [0.15, 0.2) is 0 Å². The Morgan fingerprint density at radius 1 is 1.22 bits per heavy atom. The van der Waals surface area contributed by atoms with E-state index < -0.39 is 0 Å². The summed E-state index contributed by atoms with van der Waals surface area (Å²) < 4.78 is 5.44. The van der Waals surface area contributed by atoms with Crippen LogP contribution in [0.1, 0.15) is 44.9 Å². The quantitative estimate of drug-likeness (QED) is 0.591. The molecule has 0 spiro atoms. The van der Waals surface area contributed by atoms with Crippen molar-refractivity contribution in [2.24, 2.45) is 5.92 Å². The van der Waals surface area contributed by atoms with Crippen molar-refractivity contribution in [2.75, 3.05) is 25.1 Å². The first-order valence-electron chi connectivity index (χ1n) is 7.24. The van der Waals surface area contributed by atoms with Crippen LogP contribution in [0.5, 0.6) is 0 Å². The van der Waals surface area contributed by atoms with Gasteiger partial charge in [-0.3, -0.25) is 4.79 Å². The van der Waals surface area contributed by atoms with E-state index >= 15 is 0 Å². The number of halogens is 1. The Bertz CT molecular complexity index is 265. The number of nitrogens with zero attached hydrogens (tertiary/aromatic N) is 1. The Morgan fingerprint density at radius 2 is 1.94 bits per heavy atom. The third-order valence-electron chi connectivity index (χ3n) is 4.16. The lowest BCUT2D eigenvalue weighted by atomic mass is 9.95. The highest BCUT2D eigenvalue weighted by Crippen LogP contribution is 2.26. The zero-order chi connectivity index (χ0) is 12.8. The molecule has 2 fully saturated rings. The smallest absolute Gasteiger partial charge is 0.223 e. The van der Waals surface area contributed by atoms with Crippen molar-refractivity contribution in [3.63, 3.8) is 0 Å². The van der Waals surface area contributed by atoms with Crippen LogP contribution in [0.2, 0.25) is 0 Å². The molecule has 1 aliphatic heterocycles. The minimum atomic E-state index is 0.233. The summed E-state index contributed by atoms with van der Waals surface area (Å²) in [5.41, 5.74) is 0. The number of amides is 1. The van der Waals surface area contributed by atoms with E-state index in [0.29, 0.717) is 25.0 Å². The molecule has 1 saturated heterocycles. The summed E-state index contributed by atoms with van der Waals surface area (Å²) in [4.78, 5) is 14.4. The number of carbonyl (C=O) groups excluding carboxylic acids is 1. The largest absolute Gasteiger partial charge is 0.377 e. The average molecular weight is 318 g/mol. The van der Waals surface area contributed by atoms with E-state index in [2.05, 4.69) is 15.9 Å². The molecule has 4 heteroatoms. The van der Waals surface area contributed by atoms with Gasteiger partial charge in [0.1, 0.15) is 0 Å². The fourth-order valence-electron chi connectivity index (χ4n) is 3.04. The molecule has 1 aliphatic carbocycles. The van der Waals surface area contributed by atoms with E-state index in [1.807, 2.05) is 4.90 Å². The first-order chi connectivity index (χ1) is 8.81. The highest BCUT2D eigenvalue weighted by Gasteiger charge is 2.28. The number of morpholine rings is 1. The van der Waals surface area contributed by atoms with Crippen molar-refractivity contribution >= 4 is 21.8 Å². The second-order valence-electron chi connectivity index (χ2n) is 5.53. The van der Waals surface area contributed by atoms with Crippen LogP contribution in [-0.2, 0) is 9.53 Å². The highest BCUT2D eigenvalue weighted by atomic mass is 79.9. The molecule has 104 valence electrons. The van der Waals surface area contributed by atoms with Gasteiger partial charge in [0.25, 0.3) is 0 Å². The molecule has 0 bridgehead atoms. The monoisotopic (exact) mass is 317 g/mol. The van der Waals surface area contributed by atoms with Gasteiger partial charge in [-0.2, -0.15) is 0 Å². The van der Waals surface area contributed by atoms with Gasteiger partial charge in [0.05, 0.1) is 19.3 Å². The molecule has 1 atom stereocenters. The summed E-state index contributed by atoms with van der Waals surface area (Å²) in [7, 11) is 0. The maximum Gasteiger partial charge on any atom is 0.223 e. The number of carbonyl (C=O) groups is 1. The predicted octanol–water partition coefficient (Wildman–Crippen LogP) is 2.97. The fourth-order valence-corrected chi connectivity index (χ4v) is 3.58. The number of rotatable bonds is 3. The van der Waals surface area contributed by atoms with Gasteiger partial charge in [-0.05, 0) is 18.8 Å². The Balaban J connectivity index is 1.85.